The molecule has 0 fully saturated rings. The predicted octanol–water partition coefficient (Wildman–Crippen LogP) is 2.96. The molecule has 0 unspecified atom stereocenters. The van der Waals surface area contributed by atoms with Crippen LogP contribution >= 0.6 is 23.2 Å². The second kappa shape index (κ2) is 5.80. The summed E-state index contributed by atoms with van der Waals surface area (Å²) >= 11 is 11.6. The van der Waals surface area contributed by atoms with Crippen molar-refractivity contribution in [3.63, 3.8) is 0 Å². The Labute approximate surface area is 114 Å². The van der Waals surface area contributed by atoms with Crippen LogP contribution < -0.4 is 5.32 Å². The maximum Gasteiger partial charge on any atom is 0.228 e. The van der Waals surface area contributed by atoms with Crippen LogP contribution in [-0.2, 0) is 11.2 Å². The fraction of sp³-hybridized carbons (Fsp3) is 0.0833. The molecule has 0 bridgehead atoms. The largest absolute Gasteiger partial charge is 0.324 e. The Bertz CT molecular complexity index is 561. The van der Waals surface area contributed by atoms with Crippen LogP contribution in [0.1, 0.15) is 5.56 Å². The number of halogens is 2. The molecule has 92 valence electrons. The van der Waals surface area contributed by atoms with Gasteiger partial charge in [0.2, 0.25) is 5.91 Å². The van der Waals surface area contributed by atoms with Gasteiger partial charge in [-0.1, -0.05) is 23.2 Å². The number of aromatic nitrogens is 2. The predicted molar refractivity (Wildman–Crippen MR) is 70.8 cm³/mol. The molecule has 0 saturated heterocycles. The molecule has 0 aromatic carbocycles. The van der Waals surface area contributed by atoms with Crippen LogP contribution in [0.3, 0.4) is 0 Å². The fourth-order valence-corrected chi connectivity index (χ4v) is 1.81. The first kappa shape index (κ1) is 12.8. The molecule has 2 aromatic heterocycles. The lowest BCUT2D eigenvalue weighted by atomic mass is 10.2. The van der Waals surface area contributed by atoms with Crippen LogP contribution in [-0.4, -0.2) is 15.9 Å². The quantitative estimate of drug-likeness (QED) is 0.880. The molecule has 0 radical (unpaired) electrons. The first-order chi connectivity index (χ1) is 8.65. The molecular formula is C12H9Cl2N3O. The van der Waals surface area contributed by atoms with Crippen molar-refractivity contribution >= 4 is 34.8 Å². The van der Waals surface area contributed by atoms with Gasteiger partial charge in [0.15, 0.2) is 0 Å². The van der Waals surface area contributed by atoms with Crippen LogP contribution in [0.15, 0.2) is 36.8 Å². The van der Waals surface area contributed by atoms with Gasteiger partial charge in [-0.15, -0.1) is 0 Å². The molecule has 0 aliphatic rings. The molecule has 18 heavy (non-hydrogen) atoms. The molecule has 0 aliphatic heterocycles. The first-order valence-corrected chi connectivity index (χ1v) is 5.90. The van der Waals surface area contributed by atoms with Gasteiger partial charge >= 0.3 is 0 Å². The maximum absolute atomic E-state index is 11.8. The van der Waals surface area contributed by atoms with E-state index in [1.54, 1.807) is 24.5 Å². The third-order valence-corrected chi connectivity index (χ3v) is 2.75. The standard InChI is InChI=1S/C12H9Cl2N3O/c13-10-5-11(14)16-6-8(10)4-12(18)17-9-2-1-3-15-7-9/h1-3,5-7H,4H2,(H,17,18). The number of carbonyl (C=O) groups is 1. The molecular weight excluding hydrogens is 273 g/mol. The van der Waals surface area contributed by atoms with Gasteiger partial charge in [-0.2, -0.15) is 0 Å². The summed E-state index contributed by atoms with van der Waals surface area (Å²) in [6, 6.07) is 5.01. The molecule has 1 N–H and O–H groups in total. The lowest BCUT2D eigenvalue weighted by Crippen LogP contribution is -2.14. The van der Waals surface area contributed by atoms with E-state index >= 15 is 0 Å². The fourth-order valence-electron chi connectivity index (χ4n) is 1.38. The van der Waals surface area contributed by atoms with Crippen LogP contribution in [0, 0.1) is 0 Å². The van der Waals surface area contributed by atoms with E-state index in [1.807, 2.05) is 0 Å². The highest BCUT2D eigenvalue weighted by molar-refractivity contribution is 6.34. The molecule has 0 saturated carbocycles. The zero-order valence-corrected chi connectivity index (χ0v) is 10.7. The summed E-state index contributed by atoms with van der Waals surface area (Å²) in [6.45, 7) is 0. The minimum Gasteiger partial charge on any atom is -0.324 e. The van der Waals surface area contributed by atoms with Crippen molar-refractivity contribution in [3.05, 3.63) is 52.5 Å². The molecule has 4 nitrogen and oxygen atoms in total. The Hall–Kier alpha value is -1.65. The van der Waals surface area contributed by atoms with Gasteiger partial charge < -0.3 is 5.32 Å². The molecule has 0 aliphatic carbocycles. The number of anilines is 1. The van der Waals surface area contributed by atoms with Crippen molar-refractivity contribution in [3.8, 4) is 0 Å². The molecule has 6 heteroatoms. The number of hydrogen-bond acceptors (Lipinski definition) is 3. The van der Waals surface area contributed by atoms with E-state index in [0.717, 1.165) is 0 Å². The smallest absolute Gasteiger partial charge is 0.228 e. The summed E-state index contributed by atoms with van der Waals surface area (Å²) in [4.78, 5) is 19.6. The van der Waals surface area contributed by atoms with Gasteiger partial charge in [0, 0.05) is 17.4 Å². The van der Waals surface area contributed by atoms with Gasteiger partial charge in [-0.05, 0) is 23.8 Å². The van der Waals surface area contributed by atoms with E-state index in [4.69, 9.17) is 23.2 Å². The van der Waals surface area contributed by atoms with Gasteiger partial charge in [0.1, 0.15) is 5.15 Å². The average Bonchev–Trinajstić information content (AvgIpc) is 2.34. The Morgan fingerprint density at radius 1 is 1.33 bits per heavy atom. The lowest BCUT2D eigenvalue weighted by molar-refractivity contribution is -0.115. The molecule has 2 heterocycles. The summed E-state index contributed by atoms with van der Waals surface area (Å²) in [6.07, 6.45) is 4.83. The second-order valence-electron chi connectivity index (χ2n) is 3.57. The summed E-state index contributed by atoms with van der Waals surface area (Å²) in [7, 11) is 0. The van der Waals surface area contributed by atoms with E-state index < -0.39 is 0 Å². The van der Waals surface area contributed by atoms with Crippen molar-refractivity contribution in [1.29, 1.82) is 0 Å². The van der Waals surface area contributed by atoms with Gasteiger partial charge in [-0.3, -0.25) is 9.78 Å². The monoisotopic (exact) mass is 281 g/mol. The Morgan fingerprint density at radius 2 is 2.17 bits per heavy atom. The van der Waals surface area contributed by atoms with Crippen LogP contribution in [0.5, 0.6) is 0 Å². The number of amides is 1. The van der Waals surface area contributed by atoms with Gasteiger partial charge in [0.25, 0.3) is 0 Å². The molecule has 0 atom stereocenters. The van der Waals surface area contributed by atoms with Crippen molar-refractivity contribution in [2.45, 2.75) is 6.42 Å². The normalized spacial score (nSPS) is 10.1. The summed E-state index contributed by atoms with van der Waals surface area (Å²) in [5.74, 6) is -0.186. The first-order valence-electron chi connectivity index (χ1n) is 5.15. The lowest BCUT2D eigenvalue weighted by Gasteiger charge is -2.06. The topological polar surface area (TPSA) is 54.9 Å². The van der Waals surface area contributed by atoms with Crippen molar-refractivity contribution < 1.29 is 4.79 Å². The molecule has 1 amide bonds. The Morgan fingerprint density at radius 3 is 2.83 bits per heavy atom. The molecule has 2 aromatic rings. The molecule has 0 spiro atoms. The SMILES string of the molecule is O=C(Cc1cnc(Cl)cc1Cl)Nc1cccnc1. The average molecular weight is 282 g/mol. The zero-order chi connectivity index (χ0) is 13.0. The second-order valence-corrected chi connectivity index (χ2v) is 4.36. The van der Waals surface area contributed by atoms with E-state index in [9.17, 15) is 4.79 Å². The summed E-state index contributed by atoms with van der Waals surface area (Å²) < 4.78 is 0. The Kier molecular flexibility index (Phi) is 4.12. The summed E-state index contributed by atoms with van der Waals surface area (Å²) in [5, 5.41) is 3.44. The van der Waals surface area contributed by atoms with Crippen molar-refractivity contribution in [2.75, 3.05) is 5.32 Å². The number of carbonyl (C=O) groups excluding carboxylic acids is 1. The van der Waals surface area contributed by atoms with E-state index in [1.165, 1.54) is 12.3 Å². The van der Waals surface area contributed by atoms with Crippen LogP contribution in [0.25, 0.3) is 0 Å². The Balaban J connectivity index is 2.03. The van der Waals surface area contributed by atoms with E-state index in [2.05, 4.69) is 15.3 Å². The van der Waals surface area contributed by atoms with E-state index in [0.29, 0.717) is 21.4 Å². The zero-order valence-electron chi connectivity index (χ0n) is 9.23. The van der Waals surface area contributed by atoms with Crippen LogP contribution in [0.2, 0.25) is 10.2 Å². The highest BCUT2D eigenvalue weighted by Crippen LogP contribution is 2.19. The number of nitrogens with zero attached hydrogens (tertiary/aromatic N) is 2. The number of nitrogens with one attached hydrogen (secondary N) is 1. The molecule has 2 rings (SSSR count). The van der Waals surface area contributed by atoms with E-state index in [-0.39, 0.29) is 12.3 Å². The number of pyridine rings is 2. The number of hydrogen-bond donors (Lipinski definition) is 1. The van der Waals surface area contributed by atoms with Crippen molar-refractivity contribution in [1.82, 2.24) is 9.97 Å². The third-order valence-electron chi connectivity index (χ3n) is 2.19. The number of rotatable bonds is 3. The van der Waals surface area contributed by atoms with Gasteiger partial charge in [-0.25, -0.2) is 4.98 Å². The highest BCUT2D eigenvalue weighted by atomic mass is 35.5. The maximum atomic E-state index is 11.8. The third kappa shape index (κ3) is 3.42. The van der Waals surface area contributed by atoms with Crippen LogP contribution in [0.4, 0.5) is 5.69 Å². The van der Waals surface area contributed by atoms with Gasteiger partial charge in [0.05, 0.1) is 18.3 Å². The highest BCUT2D eigenvalue weighted by Gasteiger charge is 2.08. The summed E-state index contributed by atoms with van der Waals surface area (Å²) in [5.41, 5.74) is 1.27. The minimum atomic E-state index is -0.186. The minimum absolute atomic E-state index is 0.137. The van der Waals surface area contributed by atoms with Crippen molar-refractivity contribution in [2.24, 2.45) is 0 Å².